The Morgan fingerprint density at radius 3 is 3.06 bits per heavy atom. The van der Waals surface area contributed by atoms with E-state index in [1.807, 2.05) is 0 Å². The minimum atomic E-state index is 0.576. The lowest BCUT2D eigenvalue weighted by molar-refractivity contribution is 0.321. The van der Waals surface area contributed by atoms with E-state index in [9.17, 15) is 0 Å². The van der Waals surface area contributed by atoms with Gasteiger partial charge in [-0.2, -0.15) is 5.10 Å². The molecule has 1 aliphatic heterocycles. The van der Waals surface area contributed by atoms with Crippen LogP contribution in [0.4, 0.5) is 5.82 Å². The van der Waals surface area contributed by atoms with Crippen LogP contribution in [0.1, 0.15) is 51.8 Å². The molecule has 0 saturated carbocycles. The third-order valence-corrected chi connectivity index (χ3v) is 3.40. The summed E-state index contributed by atoms with van der Waals surface area (Å²) in [5, 5.41) is 8.19. The van der Waals surface area contributed by atoms with Crippen LogP contribution in [0.2, 0.25) is 0 Å². The molecule has 90 valence electrons. The average molecular weight is 221 g/mol. The van der Waals surface area contributed by atoms with E-state index in [0.29, 0.717) is 12.0 Å². The van der Waals surface area contributed by atoms with Gasteiger partial charge in [-0.05, 0) is 25.2 Å². The lowest BCUT2D eigenvalue weighted by Crippen LogP contribution is -2.26. The molecule has 1 unspecified atom stereocenters. The maximum atomic E-state index is 4.75. The third-order valence-electron chi connectivity index (χ3n) is 3.40. The molecule has 2 heterocycles. The van der Waals surface area contributed by atoms with E-state index < -0.39 is 0 Å². The summed E-state index contributed by atoms with van der Waals surface area (Å²) in [6.45, 7) is 7.88. The lowest BCUT2D eigenvalue weighted by Gasteiger charge is -2.28. The van der Waals surface area contributed by atoms with Crippen molar-refractivity contribution >= 4 is 5.82 Å². The molecule has 0 radical (unpaired) electrons. The fourth-order valence-corrected chi connectivity index (χ4v) is 2.40. The molecule has 0 aliphatic carbocycles. The number of aryl methyl sites for hydroxylation is 1. The van der Waals surface area contributed by atoms with Gasteiger partial charge in [0, 0.05) is 12.6 Å². The highest BCUT2D eigenvalue weighted by atomic mass is 15.4. The molecule has 0 amide bonds. The van der Waals surface area contributed by atoms with Crippen LogP contribution in [0.15, 0.2) is 6.07 Å². The van der Waals surface area contributed by atoms with Crippen molar-refractivity contribution in [1.29, 1.82) is 0 Å². The van der Waals surface area contributed by atoms with Crippen LogP contribution in [-0.2, 0) is 6.42 Å². The van der Waals surface area contributed by atoms with Crippen LogP contribution >= 0.6 is 0 Å². The second kappa shape index (κ2) is 4.89. The number of unbranched alkanes of at least 4 members (excludes halogenated alkanes) is 1. The van der Waals surface area contributed by atoms with E-state index in [-0.39, 0.29) is 0 Å². The SMILES string of the molecule is CCCCc1cc2n(n1)C(C(C)C)CCN2. The topological polar surface area (TPSA) is 29.9 Å². The largest absolute Gasteiger partial charge is 0.370 e. The fourth-order valence-electron chi connectivity index (χ4n) is 2.40. The Bertz CT molecular complexity index is 341. The number of nitrogens with zero attached hydrogens (tertiary/aromatic N) is 2. The summed E-state index contributed by atoms with van der Waals surface area (Å²) in [5.74, 6) is 1.89. The zero-order valence-corrected chi connectivity index (χ0v) is 10.7. The molecule has 1 aromatic rings. The summed E-state index contributed by atoms with van der Waals surface area (Å²) in [7, 11) is 0. The van der Waals surface area contributed by atoms with Crippen molar-refractivity contribution in [3.05, 3.63) is 11.8 Å². The van der Waals surface area contributed by atoms with Gasteiger partial charge >= 0.3 is 0 Å². The van der Waals surface area contributed by atoms with Gasteiger partial charge in [-0.3, -0.25) is 0 Å². The van der Waals surface area contributed by atoms with Crippen LogP contribution in [0, 0.1) is 5.92 Å². The second-order valence-electron chi connectivity index (χ2n) is 5.10. The summed E-state index contributed by atoms with van der Waals surface area (Å²) in [6.07, 6.45) is 4.79. The number of rotatable bonds is 4. The van der Waals surface area contributed by atoms with Crippen molar-refractivity contribution in [2.75, 3.05) is 11.9 Å². The first-order valence-electron chi connectivity index (χ1n) is 6.54. The predicted octanol–water partition coefficient (Wildman–Crippen LogP) is 3.24. The maximum Gasteiger partial charge on any atom is 0.124 e. The van der Waals surface area contributed by atoms with Crippen molar-refractivity contribution in [2.24, 2.45) is 5.92 Å². The predicted molar refractivity (Wildman–Crippen MR) is 67.8 cm³/mol. The maximum absolute atomic E-state index is 4.75. The summed E-state index contributed by atoms with van der Waals surface area (Å²) in [6, 6.07) is 2.80. The molecule has 1 aromatic heterocycles. The van der Waals surface area contributed by atoms with Gasteiger partial charge in [-0.1, -0.05) is 27.2 Å². The standard InChI is InChI=1S/C13H23N3/c1-4-5-6-11-9-13-14-8-7-12(10(2)3)16(13)15-11/h9-10,12,14H,4-8H2,1-3H3. The highest BCUT2D eigenvalue weighted by molar-refractivity contribution is 5.39. The van der Waals surface area contributed by atoms with E-state index in [0.717, 1.165) is 13.0 Å². The molecule has 0 fully saturated rings. The van der Waals surface area contributed by atoms with E-state index in [4.69, 9.17) is 5.10 Å². The molecule has 0 aromatic carbocycles. The van der Waals surface area contributed by atoms with Gasteiger partial charge in [0.2, 0.25) is 0 Å². The Balaban J connectivity index is 2.17. The van der Waals surface area contributed by atoms with Gasteiger partial charge < -0.3 is 5.32 Å². The summed E-state index contributed by atoms with van der Waals surface area (Å²) < 4.78 is 2.21. The van der Waals surface area contributed by atoms with Gasteiger partial charge in [-0.25, -0.2) is 4.68 Å². The van der Waals surface area contributed by atoms with Crippen molar-refractivity contribution < 1.29 is 0 Å². The first-order chi connectivity index (χ1) is 7.72. The summed E-state index contributed by atoms with van der Waals surface area (Å²) in [5.41, 5.74) is 1.25. The monoisotopic (exact) mass is 221 g/mol. The quantitative estimate of drug-likeness (QED) is 0.846. The zero-order valence-electron chi connectivity index (χ0n) is 10.7. The van der Waals surface area contributed by atoms with Crippen molar-refractivity contribution in [3.63, 3.8) is 0 Å². The van der Waals surface area contributed by atoms with Gasteiger partial charge in [0.25, 0.3) is 0 Å². The highest BCUT2D eigenvalue weighted by Crippen LogP contribution is 2.29. The molecule has 2 rings (SSSR count). The lowest BCUT2D eigenvalue weighted by atomic mass is 10.00. The number of nitrogens with one attached hydrogen (secondary N) is 1. The molecule has 3 nitrogen and oxygen atoms in total. The van der Waals surface area contributed by atoms with Crippen LogP contribution in [-0.4, -0.2) is 16.3 Å². The van der Waals surface area contributed by atoms with E-state index in [2.05, 4.69) is 36.8 Å². The summed E-state index contributed by atoms with van der Waals surface area (Å²) >= 11 is 0. The minimum Gasteiger partial charge on any atom is -0.370 e. The number of hydrogen-bond acceptors (Lipinski definition) is 2. The molecule has 0 bridgehead atoms. The van der Waals surface area contributed by atoms with E-state index in [1.54, 1.807) is 0 Å². The Labute approximate surface area is 98.2 Å². The Kier molecular flexibility index (Phi) is 3.52. The average Bonchev–Trinajstić information content (AvgIpc) is 2.68. The van der Waals surface area contributed by atoms with Crippen LogP contribution in [0.3, 0.4) is 0 Å². The Morgan fingerprint density at radius 2 is 2.38 bits per heavy atom. The van der Waals surface area contributed by atoms with Gasteiger partial charge in [0.15, 0.2) is 0 Å². The zero-order chi connectivity index (χ0) is 11.5. The Morgan fingerprint density at radius 1 is 1.56 bits per heavy atom. The first kappa shape index (κ1) is 11.5. The van der Waals surface area contributed by atoms with Gasteiger partial charge in [0.1, 0.15) is 5.82 Å². The van der Waals surface area contributed by atoms with Crippen LogP contribution < -0.4 is 5.32 Å². The molecule has 0 spiro atoms. The van der Waals surface area contributed by atoms with E-state index >= 15 is 0 Å². The molecule has 0 saturated heterocycles. The molecule has 1 atom stereocenters. The normalized spacial score (nSPS) is 19.6. The van der Waals surface area contributed by atoms with Gasteiger partial charge in [-0.15, -0.1) is 0 Å². The van der Waals surface area contributed by atoms with Crippen LogP contribution in [0.5, 0.6) is 0 Å². The number of hydrogen-bond donors (Lipinski definition) is 1. The van der Waals surface area contributed by atoms with Gasteiger partial charge in [0.05, 0.1) is 11.7 Å². The summed E-state index contributed by atoms with van der Waals surface area (Å²) in [4.78, 5) is 0. The fraction of sp³-hybridized carbons (Fsp3) is 0.769. The second-order valence-corrected chi connectivity index (χ2v) is 5.10. The number of aromatic nitrogens is 2. The highest BCUT2D eigenvalue weighted by Gasteiger charge is 2.23. The van der Waals surface area contributed by atoms with E-state index in [1.165, 1.54) is 30.8 Å². The number of anilines is 1. The minimum absolute atomic E-state index is 0.576. The first-order valence-corrected chi connectivity index (χ1v) is 6.54. The van der Waals surface area contributed by atoms with Crippen molar-refractivity contribution in [1.82, 2.24) is 9.78 Å². The van der Waals surface area contributed by atoms with Crippen molar-refractivity contribution in [3.8, 4) is 0 Å². The third kappa shape index (κ3) is 2.23. The van der Waals surface area contributed by atoms with Crippen molar-refractivity contribution in [2.45, 2.75) is 52.5 Å². The smallest absolute Gasteiger partial charge is 0.124 e. The molecule has 1 aliphatic rings. The molecule has 16 heavy (non-hydrogen) atoms. The molecule has 3 heteroatoms. The van der Waals surface area contributed by atoms with Crippen LogP contribution in [0.25, 0.3) is 0 Å². The molecular weight excluding hydrogens is 198 g/mol. The molecule has 1 N–H and O–H groups in total. The molecular formula is C13H23N3. The Hall–Kier alpha value is -0.990. The number of fused-ring (bicyclic) bond motifs is 1.